The molecule has 1 unspecified atom stereocenters. The number of hydrogen-bond donors (Lipinski definition) is 2. The minimum absolute atomic E-state index is 0.226. The van der Waals surface area contributed by atoms with Gasteiger partial charge < -0.3 is 15.4 Å². The third-order valence-corrected chi connectivity index (χ3v) is 4.97. The summed E-state index contributed by atoms with van der Waals surface area (Å²) in [6, 6.07) is 18.1. The van der Waals surface area contributed by atoms with Crippen molar-refractivity contribution in [2.45, 2.75) is 20.0 Å². The van der Waals surface area contributed by atoms with Crippen molar-refractivity contribution in [3.63, 3.8) is 0 Å². The van der Waals surface area contributed by atoms with Crippen molar-refractivity contribution in [1.29, 1.82) is 0 Å². The van der Waals surface area contributed by atoms with E-state index in [0.29, 0.717) is 28.5 Å². The van der Waals surface area contributed by atoms with Gasteiger partial charge in [-0.1, -0.05) is 48.0 Å². The van der Waals surface area contributed by atoms with Crippen molar-refractivity contribution in [2.75, 3.05) is 11.9 Å². The highest BCUT2D eigenvalue weighted by Gasteiger charge is 2.24. The molecule has 6 heteroatoms. The first-order valence-electron chi connectivity index (χ1n) is 9.02. The van der Waals surface area contributed by atoms with Gasteiger partial charge in [-0.3, -0.25) is 9.59 Å². The number of aryl methyl sites for hydroxylation is 1. The van der Waals surface area contributed by atoms with E-state index in [1.165, 1.54) is 11.3 Å². The quantitative estimate of drug-likeness (QED) is 0.436. The summed E-state index contributed by atoms with van der Waals surface area (Å²) in [5, 5.41) is 7.76. The molecule has 0 fully saturated rings. The van der Waals surface area contributed by atoms with Gasteiger partial charge in [0, 0.05) is 5.56 Å². The van der Waals surface area contributed by atoms with Gasteiger partial charge in [-0.15, -0.1) is 11.3 Å². The fourth-order valence-corrected chi connectivity index (χ4v) is 3.31. The minimum atomic E-state index is -0.932. The molecular weight excluding hydrogens is 372 g/mol. The van der Waals surface area contributed by atoms with Crippen molar-refractivity contribution >= 4 is 28.7 Å². The van der Waals surface area contributed by atoms with Gasteiger partial charge in [-0.05, 0) is 37.4 Å². The lowest BCUT2D eigenvalue weighted by Gasteiger charge is -2.22. The summed E-state index contributed by atoms with van der Waals surface area (Å²) in [6.45, 7) is 4.35. The van der Waals surface area contributed by atoms with Crippen molar-refractivity contribution < 1.29 is 14.3 Å². The fraction of sp³-hybridized carbons (Fsp3) is 0.182. The third-order valence-electron chi connectivity index (χ3n) is 4.11. The maximum absolute atomic E-state index is 13.1. The lowest BCUT2D eigenvalue weighted by molar-refractivity contribution is 0.0871. The van der Waals surface area contributed by atoms with Crippen LogP contribution in [-0.4, -0.2) is 24.5 Å². The molecule has 0 aliphatic carbocycles. The average Bonchev–Trinajstić information content (AvgIpc) is 3.24. The molecule has 0 saturated carbocycles. The normalized spacial score (nSPS) is 11.5. The van der Waals surface area contributed by atoms with Crippen molar-refractivity contribution in [1.82, 2.24) is 5.32 Å². The second-order valence-electron chi connectivity index (χ2n) is 6.19. The zero-order valence-electron chi connectivity index (χ0n) is 15.8. The van der Waals surface area contributed by atoms with Gasteiger partial charge in [0.05, 0.1) is 17.2 Å². The highest BCUT2D eigenvalue weighted by atomic mass is 32.1. The van der Waals surface area contributed by atoms with E-state index in [0.717, 1.165) is 5.56 Å². The number of para-hydroxylation sites is 2. The van der Waals surface area contributed by atoms with Crippen LogP contribution in [0.4, 0.5) is 5.69 Å². The van der Waals surface area contributed by atoms with Crippen LogP contribution in [0.1, 0.15) is 32.5 Å². The second kappa shape index (κ2) is 9.19. The molecule has 2 aromatic carbocycles. The molecule has 3 rings (SSSR count). The number of carbonyl (C=O) groups excluding carboxylic acids is 2. The molecule has 1 atom stereocenters. The topological polar surface area (TPSA) is 67.4 Å². The Hall–Kier alpha value is -3.12. The maximum atomic E-state index is 13.1. The van der Waals surface area contributed by atoms with Crippen LogP contribution in [0, 0.1) is 6.92 Å². The van der Waals surface area contributed by atoms with Gasteiger partial charge in [0.2, 0.25) is 5.78 Å². The van der Waals surface area contributed by atoms with Crippen LogP contribution < -0.4 is 15.4 Å². The molecule has 144 valence electrons. The molecular formula is C22H22N2O3S. The molecule has 1 aromatic heterocycles. The smallest absolute Gasteiger partial charge is 0.263 e. The largest absolute Gasteiger partial charge is 0.492 e. The Labute approximate surface area is 168 Å². The van der Waals surface area contributed by atoms with Gasteiger partial charge >= 0.3 is 0 Å². The molecule has 3 aromatic rings. The van der Waals surface area contributed by atoms with Crippen molar-refractivity contribution in [3.8, 4) is 5.75 Å². The van der Waals surface area contributed by atoms with Crippen molar-refractivity contribution in [2.24, 2.45) is 0 Å². The van der Waals surface area contributed by atoms with Gasteiger partial charge in [0.1, 0.15) is 5.75 Å². The molecule has 0 aliphatic rings. The third kappa shape index (κ3) is 4.78. The van der Waals surface area contributed by atoms with Gasteiger partial charge in [-0.25, -0.2) is 0 Å². The number of nitrogens with one attached hydrogen (secondary N) is 2. The Balaban J connectivity index is 1.88. The number of anilines is 1. The molecule has 2 N–H and O–H groups in total. The monoisotopic (exact) mass is 394 g/mol. The van der Waals surface area contributed by atoms with E-state index in [4.69, 9.17) is 4.74 Å². The summed E-state index contributed by atoms with van der Waals surface area (Å²) < 4.78 is 5.63. The van der Waals surface area contributed by atoms with E-state index in [9.17, 15) is 9.59 Å². The lowest BCUT2D eigenvalue weighted by Crippen LogP contribution is -2.46. The summed E-state index contributed by atoms with van der Waals surface area (Å²) in [7, 11) is 0. The Morgan fingerprint density at radius 1 is 1.04 bits per heavy atom. The van der Waals surface area contributed by atoms with Crippen molar-refractivity contribution in [3.05, 3.63) is 82.0 Å². The maximum Gasteiger partial charge on any atom is 0.263 e. The summed E-state index contributed by atoms with van der Waals surface area (Å²) in [4.78, 5) is 26.2. The molecule has 0 aliphatic heterocycles. The Morgan fingerprint density at radius 2 is 1.79 bits per heavy atom. The highest BCUT2D eigenvalue weighted by Crippen LogP contribution is 2.25. The van der Waals surface area contributed by atoms with E-state index < -0.39 is 6.17 Å². The zero-order chi connectivity index (χ0) is 19.9. The Kier molecular flexibility index (Phi) is 6.45. The Morgan fingerprint density at radius 3 is 2.46 bits per heavy atom. The molecule has 0 saturated heterocycles. The van der Waals surface area contributed by atoms with E-state index in [2.05, 4.69) is 10.6 Å². The summed E-state index contributed by atoms with van der Waals surface area (Å²) in [5.74, 6) is 0.0927. The van der Waals surface area contributed by atoms with Gasteiger partial charge in [0.25, 0.3) is 5.91 Å². The molecule has 0 radical (unpaired) electrons. The van der Waals surface area contributed by atoms with E-state index in [1.54, 1.807) is 24.3 Å². The summed E-state index contributed by atoms with van der Waals surface area (Å²) in [6.07, 6.45) is -0.932. The second-order valence-corrected chi connectivity index (χ2v) is 7.14. The van der Waals surface area contributed by atoms with Gasteiger partial charge in [-0.2, -0.15) is 0 Å². The number of Topliss-reactive ketones (excluding diaryl/α,β-unsaturated/α-hetero) is 1. The molecule has 1 heterocycles. The Bertz CT molecular complexity index is 937. The standard InChI is InChI=1S/C22H22N2O3S/c1-3-27-18-8-5-4-7-17(18)23-21(24-22(26)19-9-6-14-28-19)20(25)16-12-10-15(2)11-13-16/h4-14,21,23H,3H2,1-2H3,(H,24,26). The highest BCUT2D eigenvalue weighted by molar-refractivity contribution is 7.12. The summed E-state index contributed by atoms with van der Waals surface area (Å²) >= 11 is 1.32. The SMILES string of the molecule is CCOc1ccccc1NC(NC(=O)c1cccs1)C(=O)c1ccc(C)cc1. The number of carbonyl (C=O) groups is 2. The molecule has 0 bridgehead atoms. The number of ether oxygens (including phenoxy) is 1. The minimum Gasteiger partial charge on any atom is -0.492 e. The van der Waals surface area contributed by atoms with Crippen LogP contribution in [0.5, 0.6) is 5.75 Å². The first-order valence-corrected chi connectivity index (χ1v) is 9.90. The number of ketones is 1. The zero-order valence-corrected chi connectivity index (χ0v) is 16.6. The van der Waals surface area contributed by atoms with Crippen LogP contribution in [0.2, 0.25) is 0 Å². The molecule has 28 heavy (non-hydrogen) atoms. The number of rotatable bonds is 8. The van der Waals surface area contributed by atoms with Crippen LogP contribution in [0.3, 0.4) is 0 Å². The number of hydrogen-bond acceptors (Lipinski definition) is 5. The molecule has 0 spiro atoms. The van der Waals surface area contributed by atoms with Crippen LogP contribution in [0.25, 0.3) is 0 Å². The molecule has 1 amide bonds. The van der Waals surface area contributed by atoms with E-state index in [1.807, 2.05) is 55.6 Å². The number of benzene rings is 2. The first-order chi connectivity index (χ1) is 13.6. The number of thiophene rings is 1. The van der Waals surface area contributed by atoms with E-state index in [-0.39, 0.29) is 11.7 Å². The van der Waals surface area contributed by atoms with Crippen LogP contribution in [-0.2, 0) is 0 Å². The average molecular weight is 394 g/mol. The predicted octanol–water partition coefficient (Wildman–Crippen LogP) is 4.51. The predicted molar refractivity (Wildman–Crippen MR) is 112 cm³/mol. The lowest BCUT2D eigenvalue weighted by atomic mass is 10.1. The van der Waals surface area contributed by atoms with Crippen LogP contribution in [0.15, 0.2) is 66.0 Å². The van der Waals surface area contributed by atoms with Gasteiger partial charge in [0.15, 0.2) is 6.17 Å². The van der Waals surface area contributed by atoms with E-state index >= 15 is 0 Å². The first kappa shape index (κ1) is 19.6. The summed E-state index contributed by atoms with van der Waals surface area (Å²) in [5.41, 5.74) is 2.22. The number of amides is 1. The van der Waals surface area contributed by atoms with Crippen LogP contribution >= 0.6 is 11.3 Å². The molecule has 5 nitrogen and oxygen atoms in total. The fourth-order valence-electron chi connectivity index (χ4n) is 2.68.